The SMILES string of the molecule is CCCCCCCCC(CCO[Si](C)(C)C(C)(C)C)OC(=O)OCCCN(CC)CC. The highest BCUT2D eigenvalue weighted by atomic mass is 28.4. The Labute approximate surface area is 194 Å². The van der Waals surface area contributed by atoms with Gasteiger partial charge in [0.05, 0.1) is 6.61 Å². The minimum absolute atomic E-state index is 0.119. The fourth-order valence-electron chi connectivity index (χ4n) is 3.23. The van der Waals surface area contributed by atoms with E-state index in [1.54, 1.807) is 0 Å². The van der Waals surface area contributed by atoms with Gasteiger partial charge >= 0.3 is 6.16 Å². The number of hydrogen-bond acceptors (Lipinski definition) is 5. The number of carbonyl (C=O) groups excluding carboxylic acids is 1. The van der Waals surface area contributed by atoms with E-state index in [-0.39, 0.29) is 11.1 Å². The maximum Gasteiger partial charge on any atom is 0.508 e. The molecule has 6 heteroatoms. The quantitative estimate of drug-likeness (QED) is 0.121. The predicted octanol–water partition coefficient (Wildman–Crippen LogP) is 7.40. The maximum atomic E-state index is 12.2. The Morgan fingerprint density at radius 3 is 2.06 bits per heavy atom. The second-order valence-corrected chi connectivity index (χ2v) is 15.0. The van der Waals surface area contributed by atoms with Gasteiger partial charge in [-0.1, -0.05) is 73.6 Å². The minimum Gasteiger partial charge on any atom is -0.434 e. The Kier molecular flexibility index (Phi) is 16.6. The zero-order valence-electron chi connectivity index (χ0n) is 22.1. The first kappa shape index (κ1) is 30.4. The van der Waals surface area contributed by atoms with Gasteiger partial charge in [-0.15, -0.1) is 0 Å². The van der Waals surface area contributed by atoms with Gasteiger partial charge in [0, 0.05) is 19.6 Å². The zero-order chi connectivity index (χ0) is 23.8. The van der Waals surface area contributed by atoms with E-state index in [1.165, 1.54) is 32.1 Å². The second kappa shape index (κ2) is 17.0. The first-order valence-electron chi connectivity index (χ1n) is 12.8. The lowest BCUT2D eigenvalue weighted by Crippen LogP contribution is -2.41. The smallest absolute Gasteiger partial charge is 0.434 e. The Morgan fingerprint density at radius 2 is 1.48 bits per heavy atom. The number of carbonyl (C=O) groups is 1. The lowest BCUT2D eigenvalue weighted by atomic mass is 10.1. The van der Waals surface area contributed by atoms with Crippen LogP contribution < -0.4 is 0 Å². The fraction of sp³-hybridized carbons (Fsp3) is 0.960. The average Bonchev–Trinajstić information content (AvgIpc) is 2.69. The number of unbranched alkanes of at least 4 members (excludes halogenated alkanes) is 5. The molecular weight excluding hydrogens is 406 g/mol. The van der Waals surface area contributed by atoms with Crippen molar-refractivity contribution in [3.05, 3.63) is 0 Å². The van der Waals surface area contributed by atoms with Crippen LogP contribution in [-0.4, -0.2) is 58.3 Å². The van der Waals surface area contributed by atoms with Crippen molar-refractivity contribution >= 4 is 14.5 Å². The topological polar surface area (TPSA) is 48.0 Å². The summed E-state index contributed by atoms with van der Waals surface area (Å²) in [5.74, 6) is 0. The van der Waals surface area contributed by atoms with E-state index in [4.69, 9.17) is 13.9 Å². The van der Waals surface area contributed by atoms with Gasteiger partial charge in [0.15, 0.2) is 8.32 Å². The third kappa shape index (κ3) is 15.0. The molecule has 0 N–H and O–H groups in total. The van der Waals surface area contributed by atoms with E-state index in [1.807, 2.05) is 0 Å². The van der Waals surface area contributed by atoms with Crippen molar-refractivity contribution in [2.45, 2.75) is 124 Å². The molecule has 0 aliphatic rings. The molecular formula is C25H53NO4Si. The van der Waals surface area contributed by atoms with Crippen molar-refractivity contribution in [1.82, 2.24) is 4.90 Å². The summed E-state index contributed by atoms with van der Waals surface area (Å²) in [6, 6.07) is 0. The van der Waals surface area contributed by atoms with Crippen LogP contribution in [0.25, 0.3) is 0 Å². The average molecular weight is 460 g/mol. The van der Waals surface area contributed by atoms with E-state index in [9.17, 15) is 4.79 Å². The highest BCUT2D eigenvalue weighted by Gasteiger charge is 2.37. The lowest BCUT2D eigenvalue weighted by molar-refractivity contribution is 0.0110. The summed E-state index contributed by atoms with van der Waals surface area (Å²) in [6.07, 6.45) is 9.24. The van der Waals surface area contributed by atoms with E-state index < -0.39 is 14.5 Å². The normalized spacial score (nSPS) is 13.5. The van der Waals surface area contributed by atoms with Crippen LogP contribution >= 0.6 is 0 Å². The summed E-state index contributed by atoms with van der Waals surface area (Å²) in [5, 5.41) is 0.187. The highest BCUT2D eigenvalue weighted by Crippen LogP contribution is 2.36. The van der Waals surface area contributed by atoms with Gasteiger partial charge in [-0.05, 0) is 50.5 Å². The van der Waals surface area contributed by atoms with Crippen LogP contribution in [0.2, 0.25) is 18.1 Å². The third-order valence-corrected chi connectivity index (χ3v) is 11.1. The summed E-state index contributed by atoms with van der Waals surface area (Å²) in [6.45, 7) is 21.9. The number of nitrogens with zero attached hydrogens (tertiary/aromatic N) is 1. The molecule has 0 radical (unpaired) electrons. The van der Waals surface area contributed by atoms with Crippen LogP contribution in [0.5, 0.6) is 0 Å². The highest BCUT2D eigenvalue weighted by molar-refractivity contribution is 6.74. The molecule has 186 valence electrons. The molecule has 0 rings (SSSR count). The molecule has 0 amide bonds. The van der Waals surface area contributed by atoms with Crippen LogP contribution in [0, 0.1) is 0 Å². The van der Waals surface area contributed by atoms with Crippen molar-refractivity contribution in [3.8, 4) is 0 Å². The molecule has 0 fully saturated rings. The van der Waals surface area contributed by atoms with Gasteiger partial charge in [-0.2, -0.15) is 0 Å². The first-order chi connectivity index (χ1) is 14.6. The molecule has 5 nitrogen and oxygen atoms in total. The van der Waals surface area contributed by atoms with Crippen molar-refractivity contribution in [3.63, 3.8) is 0 Å². The zero-order valence-corrected chi connectivity index (χ0v) is 23.1. The Hall–Kier alpha value is -0.593. The van der Waals surface area contributed by atoms with Crippen LogP contribution in [-0.2, 0) is 13.9 Å². The molecule has 0 aliphatic carbocycles. The van der Waals surface area contributed by atoms with E-state index >= 15 is 0 Å². The van der Waals surface area contributed by atoms with Gasteiger partial charge in [-0.25, -0.2) is 4.79 Å². The van der Waals surface area contributed by atoms with Crippen LogP contribution in [0.4, 0.5) is 4.79 Å². The fourth-order valence-corrected chi connectivity index (χ4v) is 4.29. The van der Waals surface area contributed by atoms with Gasteiger partial charge in [0.25, 0.3) is 0 Å². The summed E-state index contributed by atoms with van der Waals surface area (Å²) in [4.78, 5) is 14.6. The summed E-state index contributed by atoms with van der Waals surface area (Å²) in [5.41, 5.74) is 0. The second-order valence-electron chi connectivity index (χ2n) is 10.2. The van der Waals surface area contributed by atoms with Crippen molar-refractivity contribution in [2.75, 3.05) is 32.8 Å². The minimum atomic E-state index is -1.79. The van der Waals surface area contributed by atoms with Crippen molar-refractivity contribution < 1.29 is 18.7 Å². The predicted molar refractivity (Wildman–Crippen MR) is 134 cm³/mol. The van der Waals surface area contributed by atoms with Crippen LogP contribution in [0.15, 0.2) is 0 Å². The summed E-state index contributed by atoms with van der Waals surface area (Å²) in [7, 11) is -1.79. The Morgan fingerprint density at radius 1 is 0.871 bits per heavy atom. The van der Waals surface area contributed by atoms with Crippen LogP contribution in [0.3, 0.4) is 0 Å². The number of ether oxygens (including phenoxy) is 2. The molecule has 1 atom stereocenters. The van der Waals surface area contributed by atoms with E-state index in [2.05, 4.69) is 59.5 Å². The Balaban J connectivity index is 4.46. The van der Waals surface area contributed by atoms with Crippen molar-refractivity contribution in [1.29, 1.82) is 0 Å². The molecule has 0 aromatic heterocycles. The molecule has 0 aromatic carbocycles. The van der Waals surface area contributed by atoms with Crippen molar-refractivity contribution in [2.24, 2.45) is 0 Å². The molecule has 1 unspecified atom stereocenters. The van der Waals surface area contributed by atoms with Crippen LogP contribution in [0.1, 0.15) is 99.3 Å². The third-order valence-electron chi connectivity index (χ3n) is 6.58. The largest absolute Gasteiger partial charge is 0.508 e. The first-order valence-corrected chi connectivity index (χ1v) is 15.7. The molecule has 31 heavy (non-hydrogen) atoms. The Bertz CT molecular complexity index is 447. The summed E-state index contributed by atoms with van der Waals surface area (Å²) >= 11 is 0. The van der Waals surface area contributed by atoms with Gasteiger partial charge in [0.1, 0.15) is 6.10 Å². The van der Waals surface area contributed by atoms with Gasteiger partial charge < -0.3 is 18.8 Å². The van der Waals surface area contributed by atoms with E-state index in [0.29, 0.717) is 13.2 Å². The maximum absolute atomic E-state index is 12.2. The number of rotatable bonds is 18. The standard InChI is InChI=1S/C25H53NO4Si/c1-9-12-13-14-15-16-18-23(19-22-29-31(7,8)25(4,5)6)30-24(27)28-21-17-20-26(10-2)11-3/h23H,9-22H2,1-8H3. The molecule has 0 saturated carbocycles. The lowest BCUT2D eigenvalue weighted by Gasteiger charge is -2.36. The molecule has 0 aliphatic heterocycles. The number of hydrogen-bond donors (Lipinski definition) is 0. The summed E-state index contributed by atoms with van der Waals surface area (Å²) < 4.78 is 17.4. The molecule has 0 spiro atoms. The molecule has 0 saturated heterocycles. The monoisotopic (exact) mass is 459 g/mol. The van der Waals surface area contributed by atoms with E-state index in [0.717, 1.165) is 45.3 Å². The van der Waals surface area contributed by atoms with Gasteiger partial charge in [0.2, 0.25) is 0 Å². The van der Waals surface area contributed by atoms with Gasteiger partial charge in [-0.3, -0.25) is 0 Å². The molecule has 0 aromatic rings. The molecule has 0 bridgehead atoms. The molecule has 0 heterocycles.